The lowest BCUT2D eigenvalue weighted by Gasteiger charge is -2.29. The van der Waals surface area contributed by atoms with Crippen molar-refractivity contribution >= 4 is 40.5 Å². The zero-order valence-corrected chi connectivity index (χ0v) is 14.1. The number of hydrogen-bond acceptors (Lipinski definition) is 4. The predicted molar refractivity (Wildman–Crippen MR) is 88.1 cm³/mol. The quantitative estimate of drug-likeness (QED) is 0.785. The van der Waals surface area contributed by atoms with Crippen LogP contribution in [0.4, 0.5) is 11.4 Å². The number of nitrogens with two attached hydrogens (primary N) is 1. The summed E-state index contributed by atoms with van der Waals surface area (Å²) in [6.45, 7) is 4.33. The van der Waals surface area contributed by atoms with E-state index in [4.69, 9.17) is 33.7 Å². The second-order valence-electron chi connectivity index (χ2n) is 4.99. The standard InChI is InChI=1S/C14H21Cl2N3O2/c1-8(7-21-4)19(3)9(2)14(20)18-13-11(15)5-10(17)6-12(13)16/h5-6,8-9H,7,17H2,1-4H3,(H,18,20). The molecule has 0 heterocycles. The minimum Gasteiger partial charge on any atom is -0.399 e. The van der Waals surface area contributed by atoms with Crippen molar-refractivity contribution in [2.45, 2.75) is 25.9 Å². The molecule has 2 atom stereocenters. The first-order valence-electron chi connectivity index (χ1n) is 6.54. The Morgan fingerprint density at radius 3 is 2.38 bits per heavy atom. The summed E-state index contributed by atoms with van der Waals surface area (Å²) >= 11 is 12.1. The van der Waals surface area contributed by atoms with Crippen LogP contribution in [0.5, 0.6) is 0 Å². The number of rotatable bonds is 6. The highest BCUT2D eigenvalue weighted by Crippen LogP contribution is 2.33. The minimum atomic E-state index is -0.361. The molecule has 21 heavy (non-hydrogen) atoms. The number of carbonyl (C=O) groups is 1. The first kappa shape index (κ1) is 18.0. The fourth-order valence-electron chi connectivity index (χ4n) is 1.87. The molecule has 1 aromatic rings. The summed E-state index contributed by atoms with van der Waals surface area (Å²) in [7, 11) is 3.49. The summed E-state index contributed by atoms with van der Waals surface area (Å²) in [6, 6.07) is 2.84. The summed E-state index contributed by atoms with van der Waals surface area (Å²) in [5.74, 6) is -0.200. The van der Waals surface area contributed by atoms with Crippen LogP contribution < -0.4 is 11.1 Å². The van der Waals surface area contributed by atoms with Gasteiger partial charge in [-0.1, -0.05) is 23.2 Å². The summed E-state index contributed by atoms with van der Waals surface area (Å²) in [6.07, 6.45) is 0. The van der Waals surface area contributed by atoms with E-state index in [2.05, 4.69) is 5.32 Å². The Bertz CT molecular complexity index is 488. The van der Waals surface area contributed by atoms with Crippen molar-refractivity contribution in [2.24, 2.45) is 0 Å². The van der Waals surface area contributed by atoms with Gasteiger partial charge in [0.25, 0.3) is 0 Å². The molecule has 3 N–H and O–H groups in total. The van der Waals surface area contributed by atoms with Crippen LogP contribution in [0.3, 0.4) is 0 Å². The summed E-state index contributed by atoms with van der Waals surface area (Å²) in [5, 5.41) is 3.37. The Morgan fingerprint density at radius 1 is 1.38 bits per heavy atom. The number of methoxy groups -OCH3 is 1. The Kier molecular flexibility index (Phi) is 6.74. The number of likely N-dealkylation sites (N-methyl/N-ethyl adjacent to an activating group) is 1. The average Bonchev–Trinajstić information content (AvgIpc) is 2.41. The highest BCUT2D eigenvalue weighted by molar-refractivity contribution is 6.40. The van der Waals surface area contributed by atoms with Crippen LogP contribution in [0.1, 0.15) is 13.8 Å². The fraction of sp³-hybridized carbons (Fsp3) is 0.500. The van der Waals surface area contributed by atoms with Crippen LogP contribution in [0, 0.1) is 0 Å². The van der Waals surface area contributed by atoms with Crippen molar-refractivity contribution in [2.75, 3.05) is 31.8 Å². The molecule has 0 saturated heterocycles. The van der Waals surface area contributed by atoms with E-state index in [1.807, 2.05) is 18.9 Å². The number of halogens is 2. The molecular weight excluding hydrogens is 313 g/mol. The summed E-state index contributed by atoms with van der Waals surface area (Å²) < 4.78 is 5.09. The summed E-state index contributed by atoms with van der Waals surface area (Å²) in [4.78, 5) is 14.2. The van der Waals surface area contributed by atoms with Gasteiger partial charge in [0.15, 0.2) is 0 Å². The number of ether oxygens (including phenoxy) is 1. The topological polar surface area (TPSA) is 67.6 Å². The molecule has 1 rings (SSSR count). The van der Waals surface area contributed by atoms with Crippen LogP contribution in [-0.2, 0) is 9.53 Å². The third-order valence-electron chi connectivity index (χ3n) is 3.41. The molecule has 0 aliphatic carbocycles. The molecule has 0 radical (unpaired) electrons. The molecule has 5 nitrogen and oxygen atoms in total. The molecule has 1 amide bonds. The van der Waals surface area contributed by atoms with Crippen LogP contribution >= 0.6 is 23.2 Å². The van der Waals surface area contributed by atoms with E-state index in [0.29, 0.717) is 28.0 Å². The molecule has 0 bridgehead atoms. The molecule has 0 spiro atoms. The molecule has 0 saturated carbocycles. The van der Waals surface area contributed by atoms with E-state index in [0.717, 1.165) is 0 Å². The highest BCUT2D eigenvalue weighted by atomic mass is 35.5. The molecule has 118 valence electrons. The smallest absolute Gasteiger partial charge is 0.241 e. The second kappa shape index (κ2) is 7.84. The van der Waals surface area contributed by atoms with Crippen molar-refractivity contribution in [3.8, 4) is 0 Å². The average molecular weight is 334 g/mol. The van der Waals surface area contributed by atoms with E-state index in [1.54, 1.807) is 26.2 Å². The van der Waals surface area contributed by atoms with Gasteiger partial charge in [-0.25, -0.2) is 0 Å². The van der Waals surface area contributed by atoms with Gasteiger partial charge in [0.1, 0.15) is 0 Å². The van der Waals surface area contributed by atoms with Crippen molar-refractivity contribution in [3.05, 3.63) is 22.2 Å². The number of nitrogen functional groups attached to an aromatic ring is 1. The Hall–Kier alpha value is -1.01. The monoisotopic (exact) mass is 333 g/mol. The molecule has 1 aromatic carbocycles. The second-order valence-corrected chi connectivity index (χ2v) is 5.81. The molecule has 7 heteroatoms. The lowest BCUT2D eigenvalue weighted by Crippen LogP contribution is -2.45. The summed E-state index contributed by atoms with van der Waals surface area (Å²) in [5.41, 5.74) is 6.46. The zero-order chi connectivity index (χ0) is 16.2. The van der Waals surface area contributed by atoms with Gasteiger partial charge in [-0.05, 0) is 33.0 Å². The third-order valence-corrected chi connectivity index (χ3v) is 4.00. The van der Waals surface area contributed by atoms with Gasteiger partial charge < -0.3 is 15.8 Å². The molecule has 2 unspecified atom stereocenters. The van der Waals surface area contributed by atoms with E-state index < -0.39 is 0 Å². The van der Waals surface area contributed by atoms with Gasteiger partial charge in [-0.2, -0.15) is 0 Å². The highest BCUT2D eigenvalue weighted by Gasteiger charge is 2.23. The largest absolute Gasteiger partial charge is 0.399 e. The Balaban J connectivity index is 2.82. The number of benzene rings is 1. The van der Waals surface area contributed by atoms with Crippen LogP contribution in [0.15, 0.2) is 12.1 Å². The molecule has 0 aliphatic heterocycles. The number of amides is 1. The van der Waals surface area contributed by atoms with Crippen LogP contribution in [-0.4, -0.2) is 43.7 Å². The minimum absolute atomic E-state index is 0.105. The van der Waals surface area contributed by atoms with Gasteiger partial charge in [-0.3, -0.25) is 9.69 Å². The maximum absolute atomic E-state index is 12.3. The predicted octanol–water partition coefficient (Wildman–Crippen LogP) is 2.87. The fourth-order valence-corrected chi connectivity index (χ4v) is 2.46. The van der Waals surface area contributed by atoms with E-state index in [9.17, 15) is 4.79 Å². The normalized spacial score (nSPS) is 14.0. The maximum Gasteiger partial charge on any atom is 0.241 e. The maximum atomic E-state index is 12.3. The van der Waals surface area contributed by atoms with E-state index in [-0.39, 0.29) is 18.0 Å². The van der Waals surface area contributed by atoms with Gasteiger partial charge in [0, 0.05) is 18.8 Å². The van der Waals surface area contributed by atoms with Gasteiger partial charge in [0.05, 0.1) is 28.4 Å². The molecule has 0 aromatic heterocycles. The molecule has 0 aliphatic rings. The number of nitrogens with one attached hydrogen (secondary N) is 1. The number of nitrogens with zero attached hydrogens (tertiary/aromatic N) is 1. The van der Waals surface area contributed by atoms with E-state index >= 15 is 0 Å². The van der Waals surface area contributed by atoms with Crippen molar-refractivity contribution in [1.29, 1.82) is 0 Å². The van der Waals surface area contributed by atoms with Gasteiger partial charge in [0.2, 0.25) is 5.91 Å². The van der Waals surface area contributed by atoms with Gasteiger partial charge in [-0.15, -0.1) is 0 Å². The van der Waals surface area contributed by atoms with Crippen molar-refractivity contribution in [1.82, 2.24) is 4.90 Å². The van der Waals surface area contributed by atoms with Crippen LogP contribution in [0.2, 0.25) is 10.0 Å². The lowest BCUT2D eigenvalue weighted by atomic mass is 10.2. The van der Waals surface area contributed by atoms with Gasteiger partial charge >= 0.3 is 0 Å². The first-order chi connectivity index (χ1) is 9.77. The van der Waals surface area contributed by atoms with Crippen molar-refractivity contribution in [3.63, 3.8) is 0 Å². The number of anilines is 2. The first-order valence-corrected chi connectivity index (χ1v) is 7.29. The SMILES string of the molecule is COCC(C)N(C)C(C)C(=O)Nc1c(Cl)cc(N)cc1Cl. The lowest BCUT2D eigenvalue weighted by molar-refractivity contribution is -0.121. The molecule has 0 fully saturated rings. The Morgan fingerprint density at radius 2 is 1.90 bits per heavy atom. The zero-order valence-electron chi connectivity index (χ0n) is 12.6. The Labute approximate surface area is 135 Å². The molecular formula is C14H21Cl2N3O2. The van der Waals surface area contributed by atoms with Crippen molar-refractivity contribution < 1.29 is 9.53 Å². The number of carbonyl (C=O) groups excluding carboxylic acids is 1. The van der Waals surface area contributed by atoms with E-state index in [1.165, 1.54) is 0 Å². The third kappa shape index (κ3) is 4.74. The number of hydrogen-bond donors (Lipinski definition) is 2. The van der Waals surface area contributed by atoms with Crippen LogP contribution in [0.25, 0.3) is 0 Å².